The van der Waals surface area contributed by atoms with Gasteiger partial charge in [-0.2, -0.15) is 5.26 Å². The molecule has 0 radical (unpaired) electrons. The Bertz CT molecular complexity index is 2170. The molecule has 0 unspecified atom stereocenters. The van der Waals surface area contributed by atoms with Crippen LogP contribution in [-0.4, -0.2) is 35.4 Å². The van der Waals surface area contributed by atoms with Crippen molar-refractivity contribution in [3.05, 3.63) is 127 Å². The Morgan fingerprint density at radius 2 is 1.80 bits per heavy atom. The number of rotatable bonds is 9. The summed E-state index contributed by atoms with van der Waals surface area (Å²) < 4.78 is 20.8. The van der Waals surface area contributed by atoms with Gasteiger partial charge in [0.2, 0.25) is 0 Å². The summed E-state index contributed by atoms with van der Waals surface area (Å²) in [5.41, 5.74) is 4.20. The minimum atomic E-state index is -0.775. The molecule has 226 valence electrons. The predicted octanol–water partition coefficient (Wildman–Crippen LogP) is 4.69. The van der Waals surface area contributed by atoms with Crippen LogP contribution < -0.4 is 24.4 Å². The van der Waals surface area contributed by atoms with E-state index in [-0.39, 0.29) is 11.1 Å². The zero-order chi connectivity index (χ0) is 31.5. The average molecular weight is 619 g/mol. The van der Waals surface area contributed by atoms with Crippen LogP contribution in [-0.2, 0) is 16.1 Å². The lowest BCUT2D eigenvalue weighted by Gasteiger charge is -2.23. The third-order valence-electron chi connectivity index (χ3n) is 7.55. The first kappa shape index (κ1) is 29.7. The van der Waals surface area contributed by atoms with Crippen LogP contribution in [0.5, 0.6) is 11.5 Å². The predicted molar refractivity (Wildman–Crippen MR) is 172 cm³/mol. The van der Waals surface area contributed by atoms with Crippen molar-refractivity contribution in [2.24, 2.45) is 4.99 Å². The van der Waals surface area contributed by atoms with Crippen LogP contribution >= 0.6 is 11.3 Å². The molecule has 0 bridgehead atoms. The van der Waals surface area contributed by atoms with Crippen LogP contribution in [0.1, 0.15) is 42.1 Å². The number of ether oxygens (including phenoxy) is 3. The third kappa shape index (κ3) is 5.66. The lowest BCUT2D eigenvalue weighted by Crippen LogP contribution is -2.39. The molecule has 0 saturated heterocycles. The smallest absolute Gasteiger partial charge is 0.337 e. The highest BCUT2D eigenvalue weighted by Gasteiger charge is 2.31. The number of nitrogens with zero attached hydrogens (tertiary/aromatic N) is 4. The molecule has 0 fully saturated rings. The standard InChI is InChI=1S/C35H30N4O5S/c1-4-43-29-15-14-24(16-30(29)44-5-2)32-27(34(41)42-3)19-37-35-39(32)33(40)31(45-35)17-25-21-38(28-9-7-6-8-26(25)28)20-23-12-10-22(18-36)11-13-23/h6-17,19,21,32H,4-5,20H2,1-3H3/b31-17+/t32-/m0/s1. The monoisotopic (exact) mass is 618 g/mol. The molecule has 0 aliphatic carbocycles. The fraction of sp³-hybridized carbons (Fsp3) is 0.200. The lowest BCUT2D eigenvalue weighted by atomic mass is 9.97. The zero-order valence-corrected chi connectivity index (χ0v) is 25.8. The lowest BCUT2D eigenvalue weighted by molar-refractivity contribution is -0.136. The van der Waals surface area contributed by atoms with Crippen LogP contribution in [0.15, 0.2) is 94.5 Å². The highest BCUT2D eigenvalue weighted by atomic mass is 32.1. The number of aromatic nitrogens is 2. The van der Waals surface area contributed by atoms with Gasteiger partial charge in [-0.3, -0.25) is 9.36 Å². The Morgan fingerprint density at radius 3 is 2.53 bits per heavy atom. The molecule has 1 aliphatic rings. The second kappa shape index (κ2) is 12.7. The number of hydrogen-bond acceptors (Lipinski definition) is 8. The second-order valence-electron chi connectivity index (χ2n) is 10.3. The SMILES string of the molecule is CCOc1ccc([C@H]2C(C(=O)OC)=CN=c3s/c(=C/c4cn(Cc5ccc(C#N)cc5)c5ccccc45)c(=O)n32)cc1OCC. The van der Waals surface area contributed by atoms with E-state index in [0.29, 0.717) is 51.7 Å². The summed E-state index contributed by atoms with van der Waals surface area (Å²) in [7, 11) is 1.31. The molecule has 6 rings (SSSR count). The molecule has 9 nitrogen and oxygen atoms in total. The van der Waals surface area contributed by atoms with E-state index < -0.39 is 12.0 Å². The van der Waals surface area contributed by atoms with E-state index in [2.05, 4.69) is 15.6 Å². The van der Waals surface area contributed by atoms with Gasteiger partial charge in [-0.1, -0.05) is 47.7 Å². The number of para-hydroxylation sites is 1. The molecule has 3 heterocycles. The second-order valence-corrected chi connectivity index (χ2v) is 11.3. The number of carbonyl (C=O) groups is 1. The summed E-state index contributed by atoms with van der Waals surface area (Å²) >= 11 is 1.26. The maximum absolute atomic E-state index is 14.1. The summed E-state index contributed by atoms with van der Waals surface area (Å²) in [5.74, 6) is 0.530. The number of carbonyl (C=O) groups excluding carboxylic acids is 1. The van der Waals surface area contributed by atoms with E-state index in [1.54, 1.807) is 16.7 Å². The number of benzene rings is 3. The van der Waals surface area contributed by atoms with Gasteiger partial charge in [-0.25, -0.2) is 9.79 Å². The molecule has 5 aromatic rings. The highest BCUT2D eigenvalue weighted by Crippen LogP contribution is 2.35. The summed E-state index contributed by atoms with van der Waals surface area (Å²) in [4.78, 5) is 32.1. The fourth-order valence-electron chi connectivity index (χ4n) is 5.53. The number of fused-ring (bicyclic) bond motifs is 2. The van der Waals surface area contributed by atoms with Crippen molar-refractivity contribution < 1.29 is 19.0 Å². The Balaban J connectivity index is 1.47. The normalized spacial score (nSPS) is 14.3. The van der Waals surface area contributed by atoms with Crippen molar-refractivity contribution in [1.29, 1.82) is 5.26 Å². The van der Waals surface area contributed by atoms with Crippen molar-refractivity contribution in [3.8, 4) is 17.6 Å². The van der Waals surface area contributed by atoms with Gasteiger partial charge in [-0.05, 0) is 61.4 Å². The maximum atomic E-state index is 14.1. The summed E-state index contributed by atoms with van der Waals surface area (Å²) in [6.45, 7) is 5.26. The van der Waals surface area contributed by atoms with E-state index in [4.69, 9.17) is 19.5 Å². The minimum absolute atomic E-state index is 0.238. The maximum Gasteiger partial charge on any atom is 0.337 e. The van der Waals surface area contributed by atoms with Crippen molar-refractivity contribution >= 4 is 34.3 Å². The number of esters is 1. The number of methoxy groups -OCH3 is 1. The molecule has 1 aliphatic heterocycles. The van der Waals surface area contributed by atoms with Gasteiger partial charge in [0.15, 0.2) is 16.3 Å². The Labute approximate surface area is 263 Å². The fourth-order valence-corrected chi connectivity index (χ4v) is 6.49. The molecule has 10 heteroatoms. The minimum Gasteiger partial charge on any atom is -0.490 e. The van der Waals surface area contributed by atoms with Crippen molar-refractivity contribution in [1.82, 2.24) is 9.13 Å². The largest absolute Gasteiger partial charge is 0.490 e. The molecule has 2 aromatic heterocycles. The number of hydrogen-bond donors (Lipinski definition) is 0. The first-order valence-corrected chi connectivity index (χ1v) is 15.3. The molecule has 0 saturated carbocycles. The van der Waals surface area contributed by atoms with E-state index in [9.17, 15) is 9.59 Å². The van der Waals surface area contributed by atoms with Gasteiger partial charge in [0.05, 0.1) is 48.1 Å². The Morgan fingerprint density at radius 1 is 1.04 bits per heavy atom. The van der Waals surface area contributed by atoms with Gasteiger partial charge in [0.25, 0.3) is 5.56 Å². The van der Waals surface area contributed by atoms with Gasteiger partial charge < -0.3 is 18.8 Å². The molecule has 0 N–H and O–H groups in total. The highest BCUT2D eigenvalue weighted by molar-refractivity contribution is 7.07. The van der Waals surface area contributed by atoms with Crippen LogP contribution in [0.4, 0.5) is 0 Å². The van der Waals surface area contributed by atoms with Gasteiger partial charge in [0.1, 0.15) is 0 Å². The van der Waals surface area contributed by atoms with E-state index in [1.807, 2.05) is 80.7 Å². The van der Waals surface area contributed by atoms with Crippen LogP contribution in [0.25, 0.3) is 17.0 Å². The van der Waals surface area contributed by atoms with Crippen LogP contribution in [0.3, 0.4) is 0 Å². The number of nitriles is 1. The Hall–Kier alpha value is -5.40. The molecule has 0 amide bonds. The molecular weight excluding hydrogens is 588 g/mol. The topological polar surface area (TPSA) is 108 Å². The van der Waals surface area contributed by atoms with E-state index >= 15 is 0 Å². The quantitative estimate of drug-likeness (QED) is 0.222. The molecular formula is C35H30N4O5S. The van der Waals surface area contributed by atoms with Crippen LogP contribution in [0.2, 0.25) is 0 Å². The van der Waals surface area contributed by atoms with Crippen molar-refractivity contribution in [2.45, 2.75) is 26.4 Å². The molecule has 45 heavy (non-hydrogen) atoms. The van der Waals surface area contributed by atoms with Crippen molar-refractivity contribution in [3.63, 3.8) is 0 Å². The zero-order valence-electron chi connectivity index (χ0n) is 25.0. The molecule has 3 aromatic carbocycles. The van der Waals surface area contributed by atoms with Gasteiger partial charge in [-0.15, -0.1) is 0 Å². The Kier molecular flexibility index (Phi) is 8.36. The molecule has 0 spiro atoms. The van der Waals surface area contributed by atoms with Crippen LogP contribution in [0, 0.1) is 11.3 Å². The molecule has 1 atom stereocenters. The third-order valence-corrected chi connectivity index (χ3v) is 8.55. The first-order valence-electron chi connectivity index (χ1n) is 14.5. The van der Waals surface area contributed by atoms with Crippen molar-refractivity contribution in [2.75, 3.05) is 20.3 Å². The average Bonchev–Trinajstić information content (AvgIpc) is 3.58. The summed E-state index contributed by atoms with van der Waals surface area (Å²) in [5, 5.41) is 10.2. The van der Waals surface area contributed by atoms with Gasteiger partial charge >= 0.3 is 5.97 Å². The van der Waals surface area contributed by atoms with Gasteiger partial charge in [0, 0.05) is 35.4 Å². The number of thiazole rings is 1. The van der Waals surface area contributed by atoms with E-state index in [0.717, 1.165) is 22.0 Å². The van der Waals surface area contributed by atoms with E-state index in [1.165, 1.54) is 24.6 Å². The summed E-state index contributed by atoms with van der Waals surface area (Å²) in [6, 6.07) is 22.3. The first-order chi connectivity index (χ1) is 21.9. The summed E-state index contributed by atoms with van der Waals surface area (Å²) in [6.07, 6.45) is 5.38.